The molecule has 0 saturated heterocycles. The van der Waals surface area contributed by atoms with E-state index in [1.807, 2.05) is 0 Å². The van der Waals surface area contributed by atoms with Gasteiger partial charge in [-0.1, -0.05) is 43.7 Å². The summed E-state index contributed by atoms with van der Waals surface area (Å²) in [5, 5.41) is 3.56. The summed E-state index contributed by atoms with van der Waals surface area (Å²) in [6.45, 7) is 9.70. The van der Waals surface area contributed by atoms with Gasteiger partial charge in [0.05, 0.1) is 6.61 Å². The number of ether oxygens (including phenoxy) is 1. The van der Waals surface area contributed by atoms with Gasteiger partial charge < -0.3 is 10.1 Å². The lowest BCUT2D eigenvalue weighted by molar-refractivity contribution is 0.0548. The Morgan fingerprint density at radius 2 is 2.00 bits per heavy atom. The molecule has 0 aromatic heterocycles. The fourth-order valence-electron chi connectivity index (χ4n) is 3.69. The molecule has 1 N–H and O–H groups in total. The van der Waals surface area contributed by atoms with Crippen molar-refractivity contribution in [2.75, 3.05) is 26.8 Å². The highest BCUT2D eigenvalue weighted by atomic mass is 16.5. The van der Waals surface area contributed by atoms with Gasteiger partial charge >= 0.3 is 0 Å². The Kier molecular flexibility index (Phi) is 4.32. The molecule has 2 heteroatoms. The van der Waals surface area contributed by atoms with Crippen molar-refractivity contribution in [2.45, 2.75) is 39.0 Å². The fraction of sp³-hybridized carbons (Fsp3) is 0.647. The first-order valence-corrected chi connectivity index (χ1v) is 7.24. The summed E-state index contributed by atoms with van der Waals surface area (Å²) in [6.07, 6.45) is 2.53. The molecule has 0 heterocycles. The third-order valence-electron chi connectivity index (χ3n) is 4.21. The van der Waals surface area contributed by atoms with Crippen molar-refractivity contribution in [3.63, 3.8) is 0 Å². The molecule has 0 aliphatic heterocycles. The Hall–Kier alpha value is -0.860. The summed E-state index contributed by atoms with van der Waals surface area (Å²) in [7, 11) is 1.75. The first-order chi connectivity index (χ1) is 8.97. The lowest BCUT2D eigenvalue weighted by Crippen LogP contribution is -2.52. The van der Waals surface area contributed by atoms with E-state index in [4.69, 9.17) is 4.74 Å². The standard InChI is InChI=1S/C17H27NO/c1-14-6-5-7-15(10-14)17(11-16(2,3)12-17)13-18-8-9-19-4/h5-7,10,18H,8-9,11-13H2,1-4H3. The molecule has 1 fully saturated rings. The van der Waals surface area contributed by atoms with Crippen LogP contribution in [0.25, 0.3) is 0 Å². The topological polar surface area (TPSA) is 21.3 Å². The third-order valence-corrected chi connectivity index (χ3v) is 4.21. The summed E-state index contributed by atoms with van der Waals surface area (Å²) >= 11 is 0. The van der Waals surface area contributed by atoms with Crippen LogP contribution in [-0.4, -0.2) is 26.8 Å². The van der Waals surface area contributed by atoms with E-state index in [1.165, 1.54) is 24.0 Å². The van der Waals surface area contributed by atoms with E-state index in [2.05, 4.69) is 50.4 Å². The Morgan fingerprint density at radius 1 is 1.26 bits per heavy atom. The number of hydrogen-bond acceptors (Lipinski definition) is 2. The minimum absolute atomic E-state index is 0.323. The van der Waals surface area contributed by atoms with Crippen LogP contribution in [0.5, 0.6) is 0 Å². The normalized spacial score (nSPS) is 20.0. The maximum Gasteiger partial charge on any atom is 0.0587 e. The SMILES string of the molecule is COCCNCC1(c2cccc(C)c2)CC(C)(C)C1. The van der Waals surface area contributed by atoms with E-state index < -0.39 is 0 Å². The van der Waals surface area contributed by atoms with Gasteiger partial charge in [-0.05, 0) is 30.7 Å². The molecule has 0 unspecified atom stereocenters. The van der Waals surface area contributed by atoms with E-state index in [0.717, 1.165) is 19.7 Å². The maximum atomic E-state index is 5.11. The number of hydrogen-bond donors (Lipinski definition) is 1. The second-order valence-corrected chi connectivity index (χ2v) is 6.84. The molecular weight excluding hydrogens is 234 g/mol. The Morgan fingerprint density at radius 3 is 2.58 bits per heavy atom. The van der Waals surface area contributed by atoms with Gasteiger partial charge in [-0.2, -0.15) is 0 Å². The van der Waals surface area contributed by atoms with Crippen LogP contribution in [0.3, 0.4) is 0 Å². The number of methoxy groups -OCH3 is 1. The molecule has 2 nitrogen and oxygen atoms in total. The molecule has 106 valence electrons. The van der Waals surface area contributed by atoms with Gasteiger partial charge in [-0.25, -0.2) is 0 Å². The molecule has 1 aliphatic rings. The average Bonchev–Trinajstić information content (AvgIpc) is 2.32. The number of rotatable bonds is 6. The predicted octanol–water partition coefficient (Wildman–Crippen LogP) is 3.29. The second kappa shape index (κ2) is 5.64. The van der Waals surface area contributed by atoms with Gasteiger partial charge in [0.2, 0.25) is 0 Å². The molecule has 0 bridgehead atoms. The van der Waals surface area contributed by atoms with E-state index in [9.17, 15) is 0 Å². The van der Waals surface area contributed by atoms with Crippen LogP contribution in [0.4, 0.5) is 0 Å². The quantitative estimate of drug-likeness (QED) is 0.793. The summed E-state index contributed by atoms with van der Waals surface area (Å²) in [5.41, 5.74) is 3.66. The van der Waals surface area contributed by atoms with Crippen LogP contribution in [0, 0.1) is 12.3 Å². The Balaban J connectivity index is 2.08. The van der Waals surface area contributed by atoms with Gasteiger partial charge in [0, 0.05) is 25.6 Å². The Bertz CT molecular complexity index is 417. The molecule has 0 radical (unpaired) electrons. The third kappa shape index (κ3) is 3.37. The minimum Gasteiger partial charge on any atom is -0.383 e. The second-order valence-electron chi connectivity index (χ2n) is 6.84. The van der Waals surface area contributed by atoms with E-state index in [0.29, 0.717) is 10.8 Å². The highest BCUT2D eigenvalue weighted by Gasteiger charge is 2.49. The molecule has 0 amide bonds. The summed E-state index contributed by atoms with van der Waals surface area (Å²) in [4.78, 5) is 0. The van der Waals surface area contributed by atoms with Crippen molar-refractivity contribution in [1.82, 2.24) is 5.32 Å². The molecular formula is C17H27NO. The van der Waals surface area contributed by atoms with Crippen molar-refractivity contribution in [3.8, 4) is 0 Å². The molecule has 1 aliphatic carbocycles. The number of nitrogens with one attached hydrogen (secondary N) is 1. The molecule has 2 rings (SSSR count). The lowest BCUT2D eigenvalue weighted by atomic mass is 9.52. The zero-order valence-corrected chi connectivity index (χ0v) is 12.8. The fourth-order valence-corrected chi connectivity index (χ4v) is 3.69. The van der Waals surface area contributed by atoms with Crippen LogP contribution in [0.2, 0.25) is 0 Å². The van der Waals surface area contributed by atoms with Crippen molar-refractivity contribution in [1.29, 1.82) is 0 Å². The molecule has 0 spiro atoms. The average molecular weight is 261 g/mol. The minimum atomic E-state index is 0.323. The summed E-state index contributed by atoms with van der Waals surface area (Å²) in [6, 6.07) is 9.01. The van der Waals surface area contributed by atoms with Crippen molar-refractivity contribution in [2.24, 2.45) is 5.41 Å². The molecule has 0 atom stereocenters. The molecule has 1 aromatic carbocycles. The predicted molar refractivity (Wildman–Crippen MR) is 80.6 cm³/mol. The van der Waals surface area contributed by atoms with Crippen molar-refractivity contribution in [3.05, 3.63) is 35.4 Å². The lowest BCUT2D eigenvalue weighted by Gasteiger charge is -2.54. The Labute approximate surface area is 117 Å². The maximum absolute atomic E-state index is 5.11. The first-order valence-electron chi connectivity index (χ1n) is 7.24. The largest absolute Gasteiger partial charge is 0.383 e. The first kappa shape index (κ1) is 14.5. The van der Waals surface area contributed by atoms with Crippen LogP contribution in [0.15, 0.2) is 24.3 Å². The zero-order valence-electron chi connectivity index (χ0n) is 12.8. The zero-order chi connectivity index (χ0) is 13.9. The number of aryl methyl sites for hydroxylation is 1. The highest BCUT2D eigenvalue weighted by Crippen LogP contribution is 2.55. The highest BCUT2D eigenvalue weighted by molar-refractivity contribution is 5.34. The van der Waals surface area contributed by atoms with Gasteiger partial charge in [-0.15, -0.1) is 0 Å². The van der Waals surface area contributed by atoms with Crippen LogP contribution < -0.4 is 5.32 Å². The summed E-state index contributed by atoms with van der Waals surface area (Å²) in [5.74, 6) is 0. The molecule has 1 saturated carbocycles. The van der Waals surface area contributed by atoms with Crippen molar-refractivity contribution < 1.29 is 4.74 Å². The van der Waals surface area contributed by atoms with E-state index in [-0.39, 0.29) is 0 Å². The smallest absolute Gasteiger partial charge is 0.0587 e. The van der Waals surface area contributed by atoms with Crippen molar-refractivity contribution >= 4 is 0 Å². The van der Waals surface area contributed by atoms with Gasteiger partial charge in [-0.3, -0.25) is 0 Å². The molecule has 1 aromatic rings. The van der Waals surface area contributed by atoms with Gasteiger partial charge in [0.15, 0.2) is 0 Å². The van der Waals surface area contributed by atoms with Crippen LogP contribution in [-0.2, 0) is 10.2 Å². The van der Waals surface area contributed by atoms with Crippen LogP contribution in [0.1, 0.15) is 37.8 Å². The van der Waals surface area contributed by atoms with Gasteiger partial charge in [0.1, 0.15) is 0 Å². The monoisotopic (exact) mass is 261 g/mol. The molecule has 19 heavy (non-hydrogen) atoms. The van der Waals surface area contributed by atoms with Crippen LogP contribution >= 0.6 is 0 Å². The van der Waals surface area contributed by atoms with E-state index >= 15 is 0 Å². The summed E-state index contributed by atoms with van der Waals surface area (Å²) < 4.78 is 5.11. The van der Waals surface area contributed by atoms with Gasteiger partial charge in [0.25, 0.3) is 0 Å². The number of benzene rings is 1. The van der Waals surface area contributed by atoms with E-state index in [1.54, 1.807) is 7.11 Å².